The number of amides is 1. The molecule has 0 bridgehead atoms. The number of benzene rings is 1. The Labute approximate surface area is 136 Å². The second-order valence-corrected chi connectivity index (χ2v) is 6.23. The molecule has 0 atom stereocenters. The molecule has 0 unspecified atom stereocenters. The SMILES string of the molecule is CCOC(=O)CSCc1csc(-c2ccc(C(N)=O)cc2)n1. The fourth-order valence-corrected chi connectivity index (χ4v) is 3.36. The molecule has 2 N–H and O–H groups in total. The van der Waals surface area contributed by atoms with Gasteiger partial charge in [0.15, 0.2) is 0 Å². The molecule has 0 aliphatic rings. The van der Waals surface area contributed by atoms with Crippen molar-refractivity contribution in [1.29, 1.82) is 0 Å². The van der Waals surface area contributed by atoms with E-state index in [1.165, 1.54) is 23.1 Å². The number of rotatable bonds is 7. The number of nitrogens with zero attached hydrogens (tertiary/aromatic N) is 1. The van der Waals surface area contributed by atoms with Crippen LogP contribution < -0.4 is 5.73 Å². The number of hydrogen-bond donors (Lipinski definition) is 1. The first kappa shape index (κ1) is 16.5. The highest BCUT2D eigenvalue weighted by Gasteiger charge is 2.08. The van der Waals surface area contributed by atoms with Gasteiger partial charge in [-0.05, 0) is 19.1 Å². The van der Waals surface area contributed by atoms with Gasteiger partial charge < -0.3 is 10.5 Å². The molecule has 0 aliphatic heterocycles. The zero-order valence-electron chi connectivity index (χ0n) is 12.1. The van der Waals surface area contributed by atoms with Crippen LogP contribution in [-0.2, 0) is 15.3 Å². The van der Waals surface area contributed by atoms with Crippen LogP contribution in [0.4, 0.5) is 0 Å². The number of aromatic nitrogens is 1. The average Bonchev–Trinajstić information content (AvgIpc) is 2.96. The number of carbonyl (C=O) groups excluding carboxylic acids is 2. The van der Waals surface area contributed by atoms with E-state index in [4.69, 9.17) is 10.5 Å². The van der Waals surface area contributed by atoms with Gasteiger partial charge in [0.25, 0.3) is 0 Å². The van der Waals surface area contributed by atoms with Gasteiger partial charge in [0.1, 0.15) is 5.01 Å². The van der Waals surface area contributed by atoms with Crippen LogP contribution in [0.1, 0.15) is 23.0 Å². The number of primary amides is 1. The molecule has 2 aromatic rings. The summed E-state index contributed by atoms with van der Waals surface area (Å²) in [6, 6.07) is 7.03. The monoisotopic (exact) mass is 336 g/mol. The van der Waals surface area contributed by atoms with Gasteiger partial charge in [0, 0.05) is 22.3 Å². The Morgan fingerprint density at radius 3 is 2.68 bits per heavy atom. The maximum Gasteiger partial charge on any atom is 0.315 e. The molecule has 1 aromatic carbocycles. The zero-order chi connectivity index (χ0) is 15.9. The molecular weight excluding hydrogens is 320 g/mol. The van der Waals surface area contributed by atoms with Crippen LogP contribution in [0.5, 0.6) is 0 Å². The normalized spacial score (nSPS) is 10.4. The largest absolute Gasteiger partial charge is 0.465 e. The van der Waals surface area contributed by atoms with Gasteiger partial charge in [-0.3, -0.25) is 9.59 Å². The number of thioether (sulfide) groups is 1. The number of hydrogen-bond acceptors (Lipinski definition) is 6. The predicted molar refractivity (Wildman–Crippen MR) is 88.9 cm³/mol. The molecular formula is C15H16N2O3S2. The molecule has 5 nitrogen and oxygen atoms in total. The van der Waals surface area contributed by atoms with E-state index in [0.717, 1.165) is 16.3 Å². The number of esters is 1. The molecule has 1 amide bonds. The summed E-state index contributed by atoms with van der Waals surface area (Å²) >= 11 is 3.01. The van der Waals surface area contributed by atoms with E-state index >= 15 is 0 Å². The van der Waals surface area contributed by atoms with Crippen molar-refractivity contribution < 1.29 is 14.3 Å². The summed E-state index contributed by atoms with van der Waals surface area (Å²) in [7, 11) is 0. The minimum Gasteiger partial charge on any atom is -0.465 e. The lowest BCUT2D eigenvalue weighted by molar-refractivity contribution is -0.139. The van der Waals surface area contributed by atoms with Gasteiger partial charge in [-0.2, -0.15) is 0 Å². The van der Waals surface area contributed by atoms with Crippen molar-refractivity contribution in [2.75, 3.05) is 12.4 Å². The van der Waals surface area contributed by atoms with Crippen molar-refractivity contribution >= 4 is 35.0 Å². The van der Waals surface area contributed by atoms with Gasteiger partial charge in [-0.25, -0.2) is 4.98 Å². The van der Waals surface area contributed by atoms with E-state index in [1.54, 1.807) is 19.1 Å². The number of carbonyl (C=O) groups is 2. The summed E-state index contributed by atoms with van der Waals surface area (Å²) in [5, 5.41) is 2.85. The summed E-state index contributed by atoms with van der Waals surface area (Å²) < 4.78 is 4.87. The zero-order valence-corrected chi connectivity index (χ0v) is 13.7. The Hall–Kier alpha value is -1.86. The Bertz CT molecular complexity index is 653. The van der Waals surface area contributed by atoms with Gasteiger partial charge >= 0.3 is 5.97 Å². The number of ether oxygens (including phenoxy) is 1. The molecule has 0 aliphatic carbocycles. The van der Waals surface area contributed by atoms with Crippen molar-refractivity contribution in [3.8, 4) is 10.6 Å². The summed E-state index contributed by atoms with van der Waals surface area (Å²) in [5.41, 5.74) is 7.56. The lowest BCUT2D eigenvalue weighted by Crippen LogP contribution is -2.10. The third-order valence-electron chi connectivity index (χ3n) is 2.74. The highest BCUT2D eigenvalue weighted by atomic mass is 32.2. The van der Waals surface area contributed by atoms with E-state index in [0.29, 0.717) is 23.7 Å². The van der Waals surface area contributed by atoms with Crippen molar-refractivity contribution in [3.05, 3.63) is 40.9 Å². The van der Waals surface area contributed by atoms with Crippen molar-refractivity contribution in [3.63, 3.8) is 0 Å². The molecule has 0 spiro atoms. The second-order valence-electron chi connectivity index (χ2n) is 4.38. The Morgan fingerprint density at radius 2 is 2.05 bits per heavy atom. The lowest BCUT2D eigenvalue weighted by atomic mass is 10.1. The summed E-state index contributed by atoms with van der Waals surface area (Å²) in [6.07, 6.45) is 0. The minimum atomic E-state index is -0.443. The fraction of sp³-hybridized carbons (Fsp3) is 0.267. The molecule has 1 aromatic heterocycles. The maximum absolute atomic E-state index is 11.2. The highest BCUT2D eigenvalue weighted by molar-refractivity contribution is 7.99. The van der Waals surface area contributed by atoms with Crippen LogP contribution in [0.25, 0.3) is 10.6 Å². The Morgan fingerprint density at radius 1 is 1.32 bits per heavy atom. The van der Waals surface area contributed by atoms with E-state index in [9.17, 15) is 9.59 Å². The minimum absolute atomic E-state index is 0.204. The van der Waals surface area contributed by atoms with Gasteiger partial charge in [-0.15, -0.1) is 23.1 Å². The molecule has 0 saturated heterocycles. The van der Waals surface area contributed by atoms with Crippen LogP contribution in [0, 0.1) is 0 Å². The van der Waals surface area contributed by atoms with Crippen LogP contribution in [0.2, 0.25) is 0 Å². The summed E-state index contributed by atoms with van der Waals surface area (Å²) in [5.74, 6) is 0.342. The lowest BCUT2D eigenvalue weighted by Gasteiger charge is -2.00. The first-order chi connectivity index (χ1) is 10.6. The predicted octanol–water partition coefficient (Wildman–Crippen LogP) is 2.71. The fourth-order valence-electron chi connectivity index (χ4n) is 1.72. The molecule has 116 valence electrons. The molecule has 7 heteroatoms. The quantitative estimate of drug-likeness (QED) is 0.786. The standard InChI is InChI=1S/C15H16N2O3S2/c1-2-20-13(18)9-21-7-12-8-22-15(17-12)11-5-3-10(4-6-11)14(16)19/h3-6,8H,2,7,9H2,1H3,(H2,16,19). The molecule has 2 rings (SSSR count). The summed E-state index contributed by atoms with van der Waals surface area (Å²) in [4.78, 5) is 26.8. The highest BCUT2D eigenvalue weighted by Crippen LogP contribution is 2.25. The molecule has 1 heterocycles. The first-order valence-corrected chi connectivity index (χ1v) is 8.71. The van der Waals surface area contributed by atoms with Crippen LogP contribution in [-0.4, -0.2) is 29.2 Å². The van der Waals surface area contributed by atoms with E-state index in [1.807, 2.05) is 17.5 Å². The van der Waals surface area contributed by atoms with Gasteiger partial charge in [0.2, 0.25) is 5.91 Å². The number of thiazole rings is 1. The van der Waals surface area contributed by atoms with E-state index < -0.39 is 5.91 Å². The smallest absolute Gasteiger partial charge is 0.315 e. The van der Waals surface area contributed by atoms with E-state index in [2.05, 4.69) is 4.98 Å². The number of nitrogens with two attached hydrogens (primary N) is 1. The van der Waals surface area contributed by atoms with Gasteiger partial charge in [-0.1, -0.05) is 12.1 Å². The molecule has 0 radical (unpaired) electrons. The first-order valence-electron chi connectivity index (χ1n) is 6.68. The Kier molecular flexibility index (Phi) is 5.97. The van der Waals surface area contributed by atoms with Crippen LogP contribution in [0.15, 0.2) is 29.6 Å². The Balaban J connectivity index is 1.93. The van der Waals surface area contributed by atoms with Crippen LogP contribution >= 0.6 is 23.1 Å². The van der Waals surface area contributed by atoms with Crippen molar-refractivity contribution in [2.24, 2.45) is 5.73 Å². The van der Waals surface area contributed by atoms with Crippen molar-refractivity contribution in [2.45, 2.75) is 12.7 Å². The van der Waals surface area contributed by atoms with Crippen molar-refractivity contribution in [1.82, 2.24) is 4.98 Å². The molecule has 0 saturated carbocycles. The topological polar surface area (TPSA) is 82.3 Å². The maximum atomic E-state index is 11.2. The third kappa shape index (κ3) is 4.57. The van der Waals surface area contributed by atoms with Crippen LogP contribution in [0.3, 0.4) is 0 Å². The summed E-state index contributed by atoms with van der Waals surface area (Å²) in [6.45, 7) is 2.19. The average molecular weight is 336 g/mol. The molecule has 0 fully saturated rings. The molecule has 22 heavy (non-hydrogen) atoms. The van der Waals surface area contributed by atoms with Gasteiger partial charge in [0.05, 0.1) is 18.1 Å². The van der Waals surface area contributed by atoms with E-state index in [-0.39, 0.29) is 5.97 Å². The second kappa shape index (κ2) is 7.95. The third-order valence-corrected chi connectivity index (χ3v) is 4.62.